The topological polar surface area (TPSA) is 75.7 Å². The molecule has 1 aliphatic heterocycles. The fraction of sp³-hybridized carbons (Fsp3) is 0.286. The number of hydrogen-bond donors (Lipinski definition) is 1. The molecule has 7 heteroatoms. The fourth-order valence-electron chi connectivity index (χ4n) is 3.05. The summed E-state index contributed by atoms with van der Waals surface area (Å²) in [5.74, 6) is -2.16. The molecule has 2 aromatic carbocycles. The van der Waals surface area contributed by atoms with E-state index in [1.165, 1.54) is 18.2 Å². The maximum absolute atomic E-state index is 13.2. The Morgan fingerprint density at radius 1 is 1.04 bits per heavy atom. The molecular formula is C21H21FN2O4. The highest BCUT2D eigenvalue weighted by atomic mass is 19.1. The monoisotopic (exact) mass is 384 g/mol. The molecule has 0 radical (unpaired) electrons. The Bertz CT molecular complexity index is 850. The van der Waals surface area contributed by atoms with Crippen LogP contribution in [0.2, 0.25) is 0 Å². The quantitative estimate of drug-likeness (QED) is 0.777. The van der Waals surface area contributed by atoms with Gasteiger partial charge in [0.2, 0.25) is 6.10 Å². The van der Waals surface area contributed by atoms with E-state index in [0.29, 0.717) is 18.7 Å². The minimum atomic E-state index is -1.06. The van der Waals surface area contributed by atoms with E-state index in [0.717, 1.165) is 18.9 Å². The van der Waals surface area contributed by atoms with Crippen LogP contribution >= 0.6 is 0 Å². The van der Waals surface area contributed by atoms with Gasteiger partial charge in [0.1, 0.15) is 12.4 Å². The summed E-state index contributed by atoms with van der Waals surface area (Å²) in [6.45, 7) is 0.845. The summed E-state index contributed by atoms with van der Waals surface area (Å²) in [5.41, 5.74) is 0.671. The highest BCUT2D eigenvalue weighted by Gasteiger charge is 2.30. The van der Waals surface area contributed by atoms with Gasteiger partial charge in [0.25, 0.3) is 11.8 Å². The van der Waals surface area contributed by atoms with Gasteiger partial charge in [-0.05, 0) is 31.0 Å². The van der Waals surface area contributed by atoms with Crippen molar-refractivity contribution in [3.63, 3.8) is 0 Å². The molecule has 1 heterocycles. The number of carbonyl (C=O) groups excluding carboxylic acids is 3. The molecule has 146 valence electrons. The van der Waals surface area contributed by atoms with Crippen molar-refractivity contribution in [3.05, 3.63) is 71.5 Å². The van der Waals surface area contributed by atoms with Gasteiger partial charge in [0, 0.05) is 24.2 Å². The fourth-order valence-corrected chi connectivity index (χ4v) is 3.05. The summed E-state index contributed by atoms with van der Waals surface area (Å²) >= 11 is 0. The predicted molar refractivity (Wildman–Crippen MR) is 99.8 cm³/mol. The summed E-state index contributed by atoms with van der Waals surface area (Å²) in [5, 5.41) is 2.39. The lowest BCUT2D eigenvalue weighted by Gasteiger charge is -2.23. The molecule has 2 amide bonds. The number of carbonyl (C=O) groups is 3. The van der Waals surface area contributed by atoms with Crippen LogP contribution in [0, 0.1) is 5.82 Å². The number of rotatable bonds is 6. The lowest BCUT2D eigenvalue weighted by molar-refractivity contribution is -0.159. The van der Waals surface area contributed by atoms with Gasteiger partial charge in [-0.25, -0.2) is 4.39 Å². The molecule has 1 N–H and O–H groups in total. The summed E-state index contributed by atoms with van der Waals surface area (Å²) in [6, 6.07) is 13.9. The third kappa shape index (κ3) is 4.94. The van der Waals surface area contributed by atoms with E-state index in [1.54, 1.807) is 29.2 Å². The maximum atomic E-state index is 13.2. The normalized spacial score (nSPS) is 14.4. The number of esters is 1. The van der Waals surface area contributed by atoms with Crippen molar-refractivity contribution in [1.29, 1.82) is 0 Å². The Hall–Kier alpha value is -3.22. The summed E-state index contributed by atoms with van der Waals surface area (Å²) in [6.07, 6.45) is 0.786. The first kappa shape index (κ1) is 19.5. The average Bonchev–Trinajstić information content (AvgIpc) is 3.25. The van der Waals surface area contributed by atoms with Crippen LogP contribution in [0.1, 0.15) is 34.9 Å². The molecule has 0 aromatic heterocycles. The third-order valence-electron chi connectivity index (χ3n) is 4.47. The Kier molecular flexibility index (Phi) is 6.37. The van der Waals surface area contributed by atoms with Gasteiger partial charge in [-0.1, -0.05) is 36.4 Å². The molecule has 28 heavy (non-hydrogen) atoms. The number of ether oxygens (including phenoxy) is 1. The van der Waals surface area contributed by atoms with Crippen molar-refractivity contribution in [1.82, 2.24) is 10.2 Å². The van der Waals surface area contributed by atoms with Crippen LogP contribution in [0.25, 0.3) is 0 Å². The Morgan fingerprint density at radius 2 is 1.75 bits per heavy atom. The molecule has 3 rings (SSSR count). The van der Waals surface area contributed by atoms with Crippen molar-refractivity contribution in [2.75, 3.05) is 19.6 Å². The van der Waals surface area contributed by atoms with Crippen LogP contribution in [0.15, 0.2) is 54.6 Å². The Labute approximate surface area is 162 Å². The number of nitrogens with one attached hydrogen (secondary N) is 1. The van der Waals surface area contributed by atoms with Gasteiger partial charge in [-0.2, -0.15) is 0 Å². The highest BCUT2D eigenvalue weighted by molar-refractivity contribution is 5.96. The van der Waals surface area contributed by atoms with E-state index in [9.17, 15) is 18.8 Å². The number of benzene rings is 2. The highest BCUT2D eigenvalue weighted by Crippen LogP contribution is 2.22. The first-order chi connectivity index (χ1) is 13.5. The second kappa shape index (κ2) is 9.12. The molecule has 2 aromatic rings. The van der Waals surface area contributed by atoms with Crippen LogP contribution in [-0.4, -0.2) is 42.3 Å². The van der Waals surface area contributed by atoms with Crippen LogP contribution in [-0.2, 0) is 14.3 Å². The molecule has 1 fully saturated rings. The second-order valence-electron chi connectivity index (χ2n) is 6.51. The average molecular weight is 384 g/mol. The minimum absolute atomic E-state index is 0.0977. The lowest BCUT2D eigenvalue weighted by atomic mass is 10.1. The number of nitrogens with zero attached hydrogens (tertiary/aromatic N) is 1. The number of hydrogen-bond acceptors (Lipinski definition) is 4. The van der Waals surface area contributed by atoms with Gasteiger partial charge in [0.05, 0.1) is 0 Å². The maximum Gasteiger partial charge on any atom is 0.326 e. The summed E-state index contributed by atoms with van der Waals surface area (Å²) in [4.78, 5) is 38.8. The van der Waals surface area contributed by atoms with Crippen LogP contribution in [0.3, 0.4) is 0 Å². The van der Waals surface area contributed by atoms with Crippen molar-refractivity contribution in [3.8, 4) is 0 Å². The van der Waals surface area contributed by atoms with E-state index in [4.69, 9.17) is 4.74 Å². The molecule has 1 atom stereocenters. The number of halogens is 1. The third-order valence-corrected chi connectivity index (χ3v) is 4.47. The van der Waals surface area contributed by atoms with Crippen LogP contribution < -0.4 is 5.32 Å². The van der Waals surface area contributed by atoms with Crippen LogP contribution in [0.5, 0.6) is 0 Å². The SMILES string of the molecule is O=C(CNC(=O)c1cccc(F)c1)O[C@@H](C(=O)N1CCCC1)c1ccccc1. The van der Waals surface area contributed by atoms with Gasteiger partial charge >= 0.3 is 5.97 Å². The summed E-state index contributed by atoms with van der Waals surface area (Å²) < 4.78 is 18.6. The lowest BCUT2D eigenvalue weighted by Crippen LogP contribution is -2.37. The molecule has 1 saturated heterocycles. The summed E-state index contributed by atoms with van der Waals surface area (Å²) in [7, 11) is 0. The van der Waals surface area contributed by atoms with Crippen LogP contribution in [0.4, 0.5) is 4.39 Å². The molecule has 0 spiro atoms. The smallest absolute Gasteiger partial charge is 0.326 e. The number of likely N-dealkylation sites (tertiary alicyclic amines) is 1. The molecule has 1 aliphatic rings. The van der Waals surface area contributed by atoms with E-state index in [2.05, 4.69) is 5.32 Å². The Morgan fingerprint density at radius 3 is 2.43 bits per heavy atom. The van der Waals surface area contributed by atoms with Gasteiger partial charge in [0.15, 0.2) is 0 Å². The van der Waals surface area contributed by atoms with Gasteiger partial charge in [-0.15, -0.1) is 0 Å². The minimum Gasteiger partial charge on any atom is -0.446 e. The molecular weight excluding hydrogens is 363 g/mol. The first-order valence-electron chi connectivity index (χ1n) is 9.11. The predicted octanol–water partition coefficient (Wildman–Crippen LogP) is 2.46. The van der Waals surface area contributed by atoms with E-state index < -0.39 is 30.3 Å². The largest absolute Gasteiger partial charge is 0.446 e. The van der Waals surface area contributed by atoms with E-state index in [-0.39, 0.29) is 11.5 Å². The van der Waals surface area contributed by atoms with E-state index in [1.807, 2.05) is 6.07 Å². The molecule has 6 nitrogen and oxygen atoms in total. The second-order valence-corrected chi connectivity index (χ2v) is 6.51. The van der Waals surface area contributed by atoms with E-state index >= 15 is 0 Å². The Balaban J connectivity index is 1.64. The molecule has 0 unspecified atom stereocenters. The molecule has 0 saturated carbocycles. The molecule has 0 aliphatic carbocycles. The van der Waals surface area contributed by atoms with Crippen molar-refractivity contribution >= 4 is 17.8 Å². The van der Waals surface area contributed by atoms with Gasteiger partial charge < -0.3 is 15.0 Å². The zero-order valence-corrected chi connectivity index (χ0v) is 15.3. The van der Waals surface area contributed by atoms with Crippen molar-refractivity contribution in [2.45, 2.75) is 18.9 Å². The van der Waals surface area contributed by atoms with Crippen molar-refractivity contribution < 1.29 is 23.5 Å². The zero-order valence-electron chi connectivity index (χ0n) is 15.3. The van der Waals surface area contributed by atoms with Gasteiger partial charge in [-0.3, -0.25) is 14.4 Å². The zero-order chi connectivity index (χ0) is 19.9. The standard InChI is InChI=1S/C21H21FN2O4/c22-17-10-6-9-16(13-17)20(26)23-14-18(25)28-19(15-7-2-1-3-8-15)21(27)24-11-4-5-12-24/h1-3,6-10,13,19H,4-5,11-12,14H2,(H,23,26)/t19-/m1/s1. The van der Waals surface area contributed by atoms with Crippen molar-refractivity contribution in [2.24, 2.45) is 0 Å². The molecule has 0 bridgehead atoms. The number of amides is 2. The first-order valence-corrected chi connectivity index (χ1v) is 9.11.